The minimum atomic E-state index is -3.17. The minimum absolute atomic E-state index is 0.00314. The van der Waals surface area contributed by atoms with E-state index in [1.165, 1.54) is 6.26 Å². The first-order valence-corrected chi connectivity index (χ1v) is 8.23. The topological polar surface area (TPSA) is 75.3 Å². The second-order valence-corrected chi connectivity index (χ2v) is 8.48. The van der Waals surface area contributed by atoms with Crippen molar-refractivity contribution in [2.75, 3.05) is 19.3 Å². The van der Waals surface area contributed by atoms with Crippen LogP contribution in [-0.4, -0.2) is 44.5 Å². The second-order valence-electron chi connectivity index (χ2n) is 5.83. The lowest BCUT2D eigenvalue weighted by Gasteiger charge is -2.29. The van der Waals surface area contributed by atoms with Gasteiger partial charge in [-0.3, -0.25) is 4.79 Å². The summed E-state index contributed by atoms with van der Waals surface area (Å²) in [5, 5.41) is 6.06. The zero-order chi connectivity index (χ0) is 14.0. The molecule has 6 heteroatoms. The molecule has 0 aliphatic carbocycles. The van der Waals surface area contributed by atoms with Crippen LogP contribution in [0, 0.1) is 5.92 Å². The smallest absolute Gasteiger partial charge is 0.223 e. The van der Waals surface area contributed by atoms with Gasteiger partial charge in [0.2, 0.25) is 5.91 Å². The van der Waals surface area contributed by atoms with Gasteiger partial charge in [-0.15, -0.1) is 0 Å². The summed E-state index contributed by atoms with van der Waals surface area (Å²) in [6.45, 7) is 6.33. The highest BCUT2D eigenvalue weighted by atomic mass is 32.2. The fraction of sp³-hybridized carbons (Fsp3) is 0.917. The van der Waals surface area contributed by atoms with Crippen LogP contribution in [0.4, 0.5) is 0 Å². The Kier molecular flexibility index (Phi) is 4.78. The van der Waals surface area contributed by atoms with Crippen molar-refractivity contribution in [1.29, 1.82) is 0 Å². The van der Waals surface area contributed by atoms with E-state index in [1.54, 1.807) is 13.8 Å². The molecule has 2 unspecified atom stereocenters. The summed E-state index contributed by atoms with van der Waals surface area (Å²) in [6, 6.07) is 0.345. The third-order valence-electron chi connectivity index (χ3n) is 3.69. The van der Waals surface area contributed by atoms with Crippen LogP contribution in [0.1, 0.15) is 33.6 Å². The molecule has 0 spiro atoms. The van der Waals surface area contributed by atoms with Gasteiger partial charge in [0.05, 0.1) is 4.75 Å². The molecule has 1 aliphatic heterocycles. The van der Waals surface area contributed by atoms with E-state index < -0.39 is 14.6 Å². The predicted molar refractivity (Wildman–Crippen MR) is 72.1 cm³/mol. The van der Waals surface area contributed by atoms with E-state index >= 15 is 0 Å². The Bertz CT molecular complexity index is 404. The molecule has 106 valence electrons. The maximum Gasteiger partial charge on any atom is 0.223 e. The normalized spacial score (nSPS) is 25.8. The maximum atomic E-state index is 12.0. The van der Waals surface area contributed by atoms with E-state index in [0.29, 0.717) is 6.04 Å². The van der Waals surface area contributed by atoms with Crippen molar-refractivity contribution in [3.05, 3.63) is 0 Å². The molecule has 0 aromatic rings. The van der Waals surface area contributed by atoms with Crippen molar-refractivity contribution < 1.29 is 13.2 Å². The van der Waals surface area contributed by atoms with Gasteiger partial charge in [-0.05, 0) is 40.2 Å². The highest BCUT2D eigenvalue weighted by Crippen LogP contribution is 2.18. The number of piperidine rings is 1. The minimum Gasteiger partial charge on any atom is -0.354 e. The molecule has 1 heterocycles. The quantitative estimate of drug-likeness (QED) is 0.775. The van der Waals surface area contributed by atoms with Crippen molar-refractivity contribution >= 4 is 15.7 Å². The maximum absolute atomic E-state index is 12.0. The first-order chi connectivity index (χ1) is 8.13. The van der Waals surface area contributed by atoms with Gasteiger partial charge >= 0.3 is 0 Å². The summed E-state index contributed by atoms with van der Waals surface area (Å²) >= 11 is 0. The van der Waals surface area contributed by atoms with Gasteiger partial charge in [0.15, 0.2) is 9.84 Å². The van der Waals surface area contributed by atoms with E-state index in [9.17, 15) is 13.2 Å². The molecule has 0 saturated carbocycles. The Morgan fingerprint density at radius 3 is 2.56 bits per heavy atom. The molecule has 0 aromatic carbocycles. The van der Waals surface area contributed by atoms with Crippen molar-refractivity contribution in [2.45, 2.75) is 44.4 Å². The van der Waals surface area contributed by atoms with Crippen LogP contribution in [-0.2, 0) is 14.6 Å². The largest absolute Gasteiger partial charge is 0.354 e. The Hall–Kier alpha value is -0.620. The number of sulfone groups is 1. The van der Waals surface area contributed by atoms with Gasteiger partial charge < -0.3 is 10.6 Å². The predicted octanol–water partition coefficient (Wildman–Crippen LogP) is 0.314. The molecule has 1 saturated heterocycles. The van der Waals surface area contributed by atoms with E-state index in [2.05, 4.69) is 17.6 Å². The number of carbonyl (C=O) groups is 1. The summed E-state index contributed by atoms with van der Waals surface area (Å²) in [6.07, 6.45) is 2.83. The number of carbonyl (C=O) groups excluding carboxylic acids is 1. The average Bonchev–Trinajstić information content (AvgIpc) is 2.24. The molecule has 0 radical (unpaired) electrons. The Balaban J connectivity index is 2.51. The molecular formula is C12H24N2O3S. The molecule has 1 rings (SSSR count). The molecule has 1 amide bonds. The van der Waals surface area contributed by atoms with Crippen molar-refractivity contribution in [3.8, 4) is 0 Å². The van der Waals surface area contributed by atoms with Gasteiger partial charge in [-0.25, -0.2) is 8.42 Å². The first kappa shape index (κ1) is 15.4. The number of amides is 1. The summed E-state index contributed by atoms with van der Waals surface area (Å²) in [7, 11) is -3.17. The van der Waals surface area contributed by atoms with Gasteiger partial charge in [-0.1, -0.05) is 0 Å². The van der Waals surface area contributed by atoms with Crippen molar-refractivity contribution in [2.24, 2.45) is 5.92 Å². The second kappa shape index (κ2) is 5.57. The highest BCUT2D eigenvalue weighted by molar-refractivity contribution is 7.92. The third-order valence-corrected chi connectivity index (χ3v) is 5.84. The number of rotatable bonds is 4. The molecule has 2 N–H and O–H groups in total. The lowest BCUT2D eigenvalue weighted by molar-refractivity contribution is -0.126. The number of nitrogens with one attached hydrogen (secondary N) is 2. The molecule has 18 heavy (non-hydrogen) atoms. The standard InChI is InChI=1S/C12H24N2O3S/c1-9-7-10(5-6-13-9)11(15)14-8-12(2,3)18(4,16)17/h9-10,13H,5-8H2,1-4H3,(H,14,15). The lowest BCUT2D eigenvalue weighted by atomic mass is 9.92. The van der Waals surface area contributed by atoms with Gasteiger partial charge in [0.1, 0.15) is 0 Å². The molecule has 5 nitrogen and oxygen atoms in total. The summed E-state index contributed by atoms with van der Waals surface area (Å²) in [5.41, 5.74) is 0. The van der Waals surface area contributed by atoms with Crippen LogP contribution in [0.15, 0.2) is 0 Å². The lowest BCUT2D eigenvalue weighted by Crippen LogP contribution is -2.48. The summed E-state index contributed by atoms with van der Waals surface area (Å²) in [4.78, 5) is 12.0. The van der Waals surface area contributed by atoms with E-state index in [4.69, 9.17) is 0 Å². The SMILES string of the molecule is CC1CC(C(=O)NCC(C)(C)S(C)(=O)=O)CCN1. The molecular weight excluding hydrogens is 252 g/mol. The Morgan fingerprint density at radius 1 is 1.44 bits per heavy atom. The third kappa shape index (κ3) is 3.95. The number of hydrogen-bond donors (Lipinski definition) is 2. The average molecular weight is 276 g/mol. The molecule has 1 aliphatic rings. The van der Waals surface area contributed by atoms with Crippen LogP contribution in [0.25, 0.3) is 0 Å². The van der Waals surface area contributed by atoms with Gasteiger partial charge in [0.25, 0.3) is 0 Å². The Labute approximate surface area is 110 Å². The van der Waals surface area contributed by atoms with Crippen molar-refractivity contribution in [1.82, 2.24) is 10.6 Å². The van der Waals surface area contributed by atoms with Crippen LogP contribution in [0.2, 0.25) is 0 Å². The molecule has 0 aromatic heterocycles. The van der Waals surface area contributed by atoms with Crippen LogP contribution >= 0.6 is 0 Å². The molecule has 2 atom stereocenters. The van der Waals surface area contributed by atoms with E-state index in [1.807, 2.05) is 0 Å². The van der Waals surface area contributed by atoms with Crippen LogP contribution in [0.5, 0.6) is 0 Å². The summed E-state index contributed by atoms with van der Waals surface area (Å²) in [5.74, 6) is -0.0308. The van der Waals surface area contributed by atoms with Crippen molar-refractivity contribution in [3.63, 3.8) is 0 Å². The fourth-order valence-electron chi connectivity index (χ4n) is 1.95. The van der Waals surface area contributed by atoms with Crippen LogP contribution < -0.4 is 10.6 Å². The van der Waals surface area contributed by atoms with Gasteiger partial charge in [-0.2, -0.15) is 0 Å². The molecule has 1 fully saturated rings. The van der Waals surface area contributed by atoms with E-state index in [0.717, 1.165) is 19.4 Å². The fourth-order valence-corrected chi connectivity index (χ4v) is 2.28. The molecule has 0 bridgehead atoms. The number of hydrogen-bond acceptors (Lipinski definition) is 4. The zero-order valence-electron chi connectivity index (χ0n) is 11.6. The zero-order valence-corrected chi connectivity index (χ0v) is 12.4. The van der Waals surface area contributed by atoms with Gasteiger partial charge in [0, 0.05) is 24.8 Å². The highest BCUT2D eigenvalue weighted by Gasteiger charge is 2.32. The van der Waals surface area contributed by atoms with E-state index in [-0.39, 0.29) is 18.4 Å². The monoisotopic (exact) mass is 276 g/mol. The van der Waals surface area contributed by atoms with Crippen LogP contribution in [0.3, 0.4) is 0 Å². The summed E-state index contributed by atoms with van der Waals surface area (Å²) < 4.78 is 22.1. The Morgan fingerprint density at radius 2 is 2.06 bits per heavy atom. The first-order valence-electron chi connectivity index (χ1n) is 6.34.